The number of amides is 2. The summed E-state index contributed by atoms with van der Waals surface area (Å²) in [5.74, 6) is 0.00641. The lowest BCUT2D eigenvalue weighted by Crippen LogP contribution is -2.25. The molecule has 2 aromatic heterocycles. The number of hydrogen-bond acceptors (Lipinski definition) is 3. The molecule has 0 bridgehead atoms. The molecule has 3 heterocycles. The van der Waals surface area contributed by atoms with Crippen LogP contribution in [-0.4, -0.2) is 28.0 Å². The summed E-state index contributed by atoms with van der Waals surface area (Å²) in [5.41, 5.74) is 3.41. The van der Waals surface area contributed by atoms with E-state index in [0.29, 0.717) is 18.5 Å². The third-order valence-corrected chi connectivity index (χ3v) is 4.48. The van der Waals surface area contributed by atoms with Crippen LogP contribution in [0.1, 0.15) is 28.8 Å². The lowest BCUT2D eigenvalue weighted by atomic mass is 10.1. The SMILES string of the molecule is O=C(NCc1cccn2nccc12)c1ccc(N2CCCC2=O)cc1. The van der Waals surface area contributed by atoms with E-state index in [1.165, 1.54) is 0 Å². The van der Waals surface area contributed by atoms with Gasteiger partial charge in [0.25, 0.3) is 5.91 Å². The van der Waals surface area contributed by atoms with E-state index in [1.54, 1.807) is 27.7 Å². The van der Waals surface area contributed by atoms with Crippen molar-refractivity contribution in [3.8, 4) is 0 Å². The molecule has 0 spiro atoms. The van der Waals surface area contributed by atoms with Crippen LogP contribution in [0.25, 0.3) is 5.52 Å². The number of nitrogens with one attached hydrogen (secondary N) is 1. The number of rotatable bonds is 4. The number of anilines is 1. The Morgan fingerprint density at radius 3 is 2.76 bits per heavy atom. The van der Waals surface area contributed by atoms with Crippen molar-refractivity contribution in [3.05, 3.63) is 66.0 Å². The van der Waals surface area contributed by atoms with Crippen LogP contribution in [0.2, 0.25) is 0 Å². The largest absolute Gasteiger partial charge is 0.348 e. The van der Waals surface area contributed by atoms with E-state index in [0.717, 1.165) is 29.7 Å². The van der Waals surface area contributed by atoms with Crippen molar-refractivity contribution >= 4 is 23.0 Å². The van der Waals surface area contributed by atoms with Crippen LogP contribution < -0.4 is 10.2 Å². The summed E-state index contributed by atoms with van der Waals surface area (Å²) in [6, 6.07) is 13.0. The molecule has 1 aliphatic rings. The summed E-state index contributed by atoms with van der Waals surface area (Å²) in [5, 5.41) is 7.12. The van der Waals surface area contributed by atoms with E-state index in [4.69, 9.17) is 0 Å². The number of hydrogen-bond donors (Lipinski definition) is 1. The number of benzene rings is 1. The predicted octanol–water partition coefficient (Wildman–Crippen LogP) is 2.39. The smallest absolute Gasteiger partial charge is 0.251 e. The molecule has 6 heteroatoms. The monoisotopic (exact) mass is 334 g/mol. The van der Waals surface area contributed by atoms with Gasteiger partial charge in [0.15, 0.2) is 0 Å². The molecule has 0 aliphatic carbocycles. The van der Waals surface area contributed by atoms with Crippen LogP contribution in [0, 0.1) is 0 Å². The van der Waals surface area contributed by atoms with E-state index >= 15 is 0 Å². The van der Waals surface area contributed by atoms with Crippen molar-refractivity contribution in [2.45, 2.75) is 19.4 Å². The normalized spacial score (nSPS) is 14.2. The van der Waals surface area contributed by atoms with Crippen molar-refractivity contribution < 1.29 is 9.59 Å². The minimum atomic E-state index is -0.138. The zero-order chi connectivity index (χ0) is 17.2. The van der Waals surface area contributed by atoms with Gasteiger partial charge in [-0.25, -0.2) is 4.52 Å². The maximum absolute atomic E-state index is 12.4. The second-order valence-electron chi connectivity index (χ2n) is 6.07. The van der Waals surface area contributed by atoms with Crippen molar-refractivity contribution in [2.24, 2.45) is 0 Å². The molecule has 1 aromatic carbocycles. The Kier molecular flexibility index (Phi) is 3.93. The zero-order valence-electron chi connectivity index (χ0n) is 13.7. The first-order chi connectivity index (χ1) is 12.2. The average Bonchev–Trinajstić information content (AvgIpc) is 3.28. The van der Waals surface area contributed by atoms with Gasteiger partial charge in [0, 0.05) is 43.2 Å². The Morgan fingerprint density at radius 1 is 1.16 bits per heavy atom. The lowest BCUT2D eigenvalue weighted by molar-refractivity contribution is -0.117. The van der Waals surface area contributed by atoms with Crippen LogP contribution in [0.3, 0.4) is 0 Å². The van der Waals surface area contributed by atoms with Gasteiger partial charge in [0.05, 0.1) is 5.52 Å². The average molecular weight is 334 g/mol. The molecule has 4 rings (SSSR count). The fraction of sp³-hybridized carbons (Fsp3) is 0.211. The summed E-state index contributed by atoms with van der Waals surface area (Å²) in [6.45, 7) is 1.18. The molecule has 1 N–H and O–H groups in total. The van der Waals surface area contributed by atoms with Gasteiger partial charge in [-0.15, -0.1) is 0 Å². The molecular weight excluding hydrogens is 316 g/mol. The topological polar surface area (TPSA) is 66.7 Å². The molecule has 1 aliphatic heterocycles. The summed E-state index contributed by atoms with van der Waals surface area (Å²) < 4.78 is 1.78. The van der Waals surface area contributed by atoms with Gasteiger partial charge >= 0.3 is 0 Å². The van der Waals surface area contributed by atoms with Crippen molar-refractivity contribution in [2.75, 3.05) is 11.4 Å². The van der Waals surface area contributed by atoms with Gasteiger partial charge in [-0.1, -0.05) is 6.07 Å². The molecule has 3 aromatic rings. The molecule has 0 atom stereocenters. The summed E-state index contributed by atoms with van der Waals surface area (Å²) in [7, 11) is 0. The molecule has 0 radical (unpaired) electrons. The molecular formula is C19H18N4O2. The molecule has 1 saturated heterocycles. The van der Waals surface area contributed by atoms with E-state index in [2.05, 4.69) is 10.4 Å². The second kappa shape index (κ2) is 6.39. The van der Waals surface area contributed by atoms with Gasteiger partial charge in [-0.05, 0) is 48.4 Å². The van der Waals surface area contributed by atoms with Gasteiger partial charge in [-0.3, -0.25) is 9.59 Å². The number of fused-ring (bicyclic) bond motifs is 1. The standard InChI is InChI=1S/C19H18N4O2/c24-18-4-2-11-22(18)16-7-5-14(6-8-16)19(25)20-13-15-3-1-12-23-17(15)9-10-21-23/h1,3,5-10,12H,2,4,11,13H2,(H,20,25). The first-order valence-corrected chi connectivity index (χ1v) is 8.32. The number of pyridine rings is 1. The summed E-state index contributed by atoms with van der Waals surface area (Å²) >= 11 is 0. The molecule has 6 nitrogen and oxygen atoms in total. The highest BCUT2D eigenvalue weighted by Gasteiger charge is 2.21. The van der Waals surface area contributed by atoms with E-state index in [9.17, 15) is 9.59 Å². The number of carbonyl (C=O) groups excluding carboxylic acids is 2. The highest BCUT2D eigenvalue weighted by molar-refractivity contribution is 5.97. The van der Waals surface area contributed by atoms with Gasteiger partial charge in [0.1, 0.15) is 0 Å². The molecule has 126 valence electrons. The molecule has 25 heavy (non-hydrogen) atoms. The quantitative estimate of drug-likeness (QED) is 0.797. The Morgan fingerprint density at radius 2 is 2.00 bits per heavy atom. The Labute approximate surface area is 145 Å². The Balaban J connectivity index is 1.44. The van der Waals surface area contributed by atoms with Crippen LogP contribution in [0.5, 0.6) is 0 Å². The Bertz CT molecular complexity index is 930. The van der Waals surface area contributed by atoms with Crippen molar-refractivity contribution in [1.82, 2.24) is 14.9 Å². The highest BCUT2D eigenvalue weighted by atomic mass is 16.2. The molecule has 2 amide bonds. The summed E-state index contributed by atoms with van der Waals surface area (Å²) in [6.07, 6.45) is 5.10. The Hall–Kier alpha value is -3.15. The molecule has 0 saturated carbocycles. The third-order valence-electron chi connectivity index (χ3n) is 4.48. The first-order valence-electron chi connectivity index (χ1n) is 8.32. The molecule has 0 unspecified atom stereocenters. The zero-order valence-corrected chi connectivity index (χ0v) is 13.7. The van der Waals surface area contributed by atoms with Crippen molar-refractivity contribution in [3.63, 3.8) is 0 Å². The third kappa shape index (κ3) is 2.98. The fourth-order valence-corrected chi connectivity index (χ4v) is 3.15. The minimum absolute atomic E-state index is 0.138. The number of nitrogens with zero attached hydrogens (tertiary/aromatic N) is 3. The van der Waals surface area contributed by atoms with Gasteiger partial charge in [-0.2, -0.15) is 5.10 Å². The highest BCUT2D eigenvalue weighted by Crippen LogP contribution is 2.21. The number of aromatic nitrogens is 2. The summed E-state index contributed by atoms with van der Waals surface area (Å²) in [4.78, 5) is 25.9. The number of carbonyl (C=O) groups is 2. The fourth-order valence-electron chi connectivity index (χ4n) is 3.15. The predicted molar refractivity (Wildman–Crippen MR) is 94.4 cm³/mol. The van der Waals surface area contributed by atoms with Crippen LogP contribution in [-0.2, 0) is 11.3 Å². The van der Waals surface area contributed by atoms with Crippen LogP contribution >= 0.6 is 0 Å². The maximum atomic E-state index is 12.4. The minimum Gasteiger partial charge on any atom is -0.348 e. The first kappa shape index (κ1) is 15.4. The van der Waals surface area contributed by atoms with E-state index in [-0.39, 0.29) is 11.8 Å². The van der Waals surface area contributed by atoms with E-state index in [1.807, 2.05) is 36.5 Å². The lowest BCUT2D eigenvalue weighted by Gasteiger charge is -2.15. The van der Waals surface area contributed by atoms with Crippen molar-refractivity contribution in [1.29, 1.82) is 0 Å². The van der Waals surface area contributed by atoms with Gasteiger partial charge in [0.2, 0.25) is 5.91 Å². The second-order valence-corrected chi connectivity index (χ2v) is 6.07. The van der Waals surface area contributed by atoms with Crippen LogP contribution in [0.4, 0.5) is 5.69 Å². The van der Waals surface area contributed by atoms with E-state index < -0.39 is 0 Å². The maximum Gasteiger partial charge on any atom is 0.251 e. The van der Waals surface area contributed by atoms with Crippen LogP contribution in [0.15, 0.2) is 54.9 Å². The van der Waals surface area contributed by atoms with Gasteiger partial charge < -0.3 is 10.2 Å². The molecule has 1 fully saturated rings.